The second-order valence-corrected chi connectivity index (χ2v) is 3.57. The average molecular weight is 228 g/mol. The minimum Gasteiger partial charge on any atom is -0.466 e. The summed E-state index contributed by atoms with van der Waals surface area (Å²) in [6.07, 6.45) is 0.995. The van der Waals surface area contributed by atoms with Crippen LogP contribution in [0.5, 0.6) is 0 Å². The lowest BCUT2D eigenvalue weighted by Crippen LogP contribution is -2.05. The Kier molecular flexibility index (Phi) is 4.43. The average Bonchev–Trinajstić information content (AvgIpc) is 2.20. The van der Waals surface area contributed by atoms with Gasteiger partial charge in [-0.1, -0.05) is 17.7 Å². The largest absolute Gasteiger partial charge is 0.466 e. The minimum atomic E-state index is -0.189. The van der Waals surface area contributed by atoms with E-state index < -0.39 is 0 Å². The van der Waals surface area contributed by atoms with Crippen molar-refractivity contribution in [1.82, 2.24) is 0 Å². The van der Waals surface area contributed by atoms with Crippen LogP contribution in [0.3, 0.4) is 0 Å². The Morgan fingerprint density at radius 1 is 1.53 bits per heavy atom. The molecule has 0 atom stereocenters. The van der Waals surface area contributed by atoms with Gasteiger partial charge in [0.1, 0.15) is 0 Å². The van der Waals surface area contributed by atoms with Crippen LogP contribution in [0.1, 0.15) is 18.9 Å². The topological polar surface area (TPSA) is 52.3 Å². The molecule has 3 nitrogen and oxygen atoms in total. The third-order valence-electron chi connectivity index (χ3n) is 1.98. The zero-order valence-corrected chi connectivity index (χ0v) is 9.38. The number of carbonyl (C=O) groups is 1. The van der Waals surface area contributed by atoms with Gasteiger partial charge in [0.05, 0.1) is 17.3 Å². The van der Waals surface area contributed by atoms with Crippen LogP contribution < -0.4 is 5.73 Å². The summed E-state index contributed by atoms with van der Waals surface area (Å²) >= 11 is 5.78. The van der Waals surface area contributed by atoms with Gasteiger partial charge in [-0.15, -0.1) is 0 Å². The number of hydrogen-bond donors (Lipinski definition) is 1. The SMILES string of the molecule is CCOC(=O)CCc1ccc(Cl)c(N)c1. The molecule has 0 unspecified atom stereocenters. The summed E-state index contributed by atoms with van der Waals surface area (Å²) in [5.74, 6) is -0.189. The highest BCUT2D eigenvalue weighted by molar-refractivity contribution is 6.33. The van der Waals surface area contributed by atoms with Crippen LogP contribution in [0.25, 0.3) is 0 Å². The first kappa shape index (κ1) is 11.9. The summed E-state index contributed by atoms with van der Waals surface area (Å²) in [6, 6.07) is 5.37. The van der Waals surface area contributed by atoms with Crippen molar-refractivity contribution in [3.8, 4) is 0 Å². The maximum Gasteiger partial charge on any atom is 0.306 e. The number of carbonyl (C=O) groups excluding carboxylic acids is 1. The van der Waals surface area contributed by atoms with E-state index in [0.717, 1.165) is 5.56 Å². The molecule has 0 spiro atoms. The number of halogens is 1. The third kappa shape index (κ3) is 3.80. The molecule has 0 radical (unpaired) electrons. The molecule has 0 saturated heterocycles. The first-order valence-electron chi connectivity index (χ1n) is 4.83. The quantitative estimate of drug-likeness (QED) is 0.635. The van der Waals surface area contributed by atoms with E-state index >= 15 is 0 Å². The maximum absolute atomic E-state index is 11.1. The molecule has 0 aromatic heterocycles. The van der Waals surface area contributed by atoms with E-state index in [9.17, 15) is 4.79 Å². The fourth-order valence-electron chi connectivity index (χ4n) is 1.23. The molecular weight excluding hydrogens is 214 g/mol. The Labute approximate surface area is 94.2 Å². The van der Waals surface area contributed by atoms with Gasteiger partial charge in [0.25, 0.3) is 0 Å². The van der Waals surface area contributed by atoms with Gasteiger partial charge in [-0.05, 0) is 31.0 Å². The van der Waals surface area contributed by atoms with Crippen molar-refractivity contribution in [1.29, 1.82) is 0 Å². The Hall–Kier alpha value is -1.22. The highest BCUT2D eigenvalue weighted by atomic mass is 35.5. The van der Waals surface area contributed by atoms with Gasteiger partial charge < -0.3 is 10.5 Å². The third-order valence-corrected chi connectivity index (χ3v) is 2.33. The molecule has 15 heavy (non-hydrogen) atoms. The zero-order chi connectivity index (χ0) is 11.3. The molecule has 1 aromatic rings. The monoisotopic (exact) mass is 227 g/mol. The molecule has 0 aliphatic carbocycles. The van der Waals surface area contributed by atoms with E-state index in [-0.39, 0.29) is 5.97 Å². The van der Waals surface area contributed by atoms with Crippen LogP contribution >= 0.6 is 11.6 Å². The van der Waals surface area contributed by atoms with E-state index in [1.165, 1.54) is 0 Å². The van der Waals surface area contributed by atoms with Crippen molar-refractivity contribution in [3.63, 3.8) is 0 Å². The van der Waals surface area contributed by atoms with Gasteiger partial charge in [0.15, 0.2) is 0 Å². The lowest BCUT2D eigenvalue weighted by molar-refractivity contribution is -0.143. The van der Waals surface area contributed by atoms with Crippen LogP contribution in [0.15, 0.2) is 18.2 Å². The number of rotatable bonds is 4. The van der Waals surface area contributed by atoms with E-state index in [2.05, 4.69) is 0 Å². The van der Waals surface area contributed by atoms with Crippen molar-refractivity contribution >= 4 is 23.3 Å². The zero-order valence-electron chi connectivity index (χ0n) is 8.63. The standard InChI is InChI=1S/C11H14ClNO2/c1-2-15-11(14)6-4-8-3-5-9(12)10(13)7-8/h3,5,7H,2,4,6,13H2,1H3. The predicted octanol–water partition coefficient (Wildman–Crippen LogP) is 2.42. The van der Waals surface area contributed by atoms with Gasteiger partial charge in [0, 0.05) is 6.42 Å². The predicted molar refractivity (Wildman–Crippen MR) is 60.8 cm³/mol. The van der Waals surface area contributed by atoms with Crippen molar-refractivity contribution in [2.75, 3.05) is 12.3 Å². The minimum absolute atomic E-state index is 0.189. The molecule has 2 N–H and O–H groups in total. The van der Waals surface area contributed by atoms with Crippen molar-refractivity contribution in [2.45, 2.75) is 19.8 Å². The van der Waals surface area contributed by atoms with E-state index in [1.807, 2.05) is 6.07 Å². The number of benzene rings is 1. The first-order valence-corrected chi connectivity index (χ1v) is 5.20. The van der Waals surface area contributed by atoms with E-state index in [1.54, 1.807) is 19.1 Å². The second-order valence-electron chi connectivity index (χ2n) is 3.16. The summed E-state index contributed by atoms with van der Waals surface area (Å²) in [6.45, 7) is 2.21. The second kappa shape index (κ2) is 5.61. The number of anilines is 1. The van der Waals surface area contributed by atoms with Crippen molar-refractivity contribution < 1.29 is 9.53 Å². The lowest BCUT2D eigenvalue weighted by atomic mass is 10.1. The molecule has 1 rings (SSSR count). The van der Waals surface area contributed by atoms with Gasteiger partial charge in [-0.3, -0.25) is 4.79 Å². The molecular formula is C11H14ClNO2. The Morgan fingerprint density at radius 3 is 2.87 bits per heavy atom. The molecule has 4 heteroatoms. The molecule has 0 fully saturated rings. The van der Waals surface area contributed by atoms with E-state index in [0.29, 0.717) is 30.2 Å². The molecule has 0 amide bonds. The number of nitrogens with two attached hydrogens (primary N) is 1. The summed E-state index contributed by atoms with van der Waals surface area (Å²) in [5.41, 5.74) is 7.17. The first-order chi connectivity index (χ1) is 7.13. The molecule has 0 aliphatic heterocycles. The van der Waals surface area contributed by atoms with Crippen LogP contribution in [0, 0.1) is 0 Å². The maximum atomic E-state index is 11.1. The molecule has 0 heterocycles. The van der Waals surface area contributed by atoms with Crippen molar-refractivity contribution in [2.24, 2.45) is 0 Å². The van der Waals surface area contributed by atoms with E-state index in [4.69, 9.17) is 22.1 Å². The summed E-state index contributed by atoms with van der Waals surface area (Å²) < 4.78 is 4.82. The van der Waals surface area contributed by atoms with Gasteiger partial charge in [0.2, 0.25) is 0 Å². The molecule has 82 valence electrons. The van der Waals surface area contributed by atoms with Crippen molar-refractivity contribution in [3.05, 3.63) is 28.8 Å². The Bertz CT molecular complexity index is 352. The van der Waals surface area contributed by atoms with Gasteiger partial charge in [-0.2, -0.15) is 0 Å². The normalized spacial score (nSPS) is 10.0. The Morgan fingerprint density at radius 2 is 2.27 bits per heavy atom. The van der Waals surface area contributed by atoms with Crippen LogP contribution in [0.2, 0.25) is 5.02 Å². The molecule has 0 bridgehead atoms. The van der Waals surface area contributed by atoms with Crippen LogP contribution in [-0.2, 0) is 16.0 Å². The summed E-state index contributed by atoms with van der Waals surface area (Å²) in [4.78, 5) is 11.1. The number of nitrogen functional groups attached to an aromatic ring is 1. The highest BCUT2D eigenvalue weighted by Crippen LogP contribution is 2.20. The fourth-order valence-corrected chi connectivity index (χ4v) is 1.35. The molecule has 1 aromatic carbocycles. The summed E-state index contributed by atoms with van der Waals surface area (Å²) in [5, 5.41) is 0.537. The Balaban J connectivity index is 2.51. The number of ether oxygens (including phenoxy) is 1. The molecule has 0 aliphatic rings. The number of aryl methyl sites for hydroxylation is 1. The lowest BCUT2D eigenvalue weighted by Gasteiger charge is -2.04. The van der Waals surface area contributed by atoms with Crippen LogP contribution in [0.4, 0.5) is 5.69 Å². The number of esters is 1. The summed E-state index contributed by atoms with van der Waals surface area (Å²) in [7, 11) is 0. The highest BCUT2D eigenvalue weighted by Gasteiger charge is 2.03. The molecule has 0 saturated carbocycles. The number of hydrogen-bond acceptors (Lipinski definition) is 3. The van der Waals surface area contributed by atoms with Crippen LogP contribution in [-0.4, -0.2) is 12.6 Å². The smallest absolute Gasteiger partial charge is 0.306 e. The fraction of sp³-hybridized carbons (Fsp3) is 0.364. The van der Waals surface area contributed by atoms with Gasteiger partial charge >= 0.3 is 5.97 Å². The van der Waals surface area contributed by atoms with Gasteiger partial charge in [-0.25, -0.2) is 0 Å².